The summed E-state index contributed by atoms with van der Waals surface area (Å²) in [7, 11) is -3.24. The summed E-state index contributed by atoms with van der Waals surface area (Å²) in [6.07, 6.45) is 1.16. The normalized spacial score (nSPS) is 13.2. The fraction of sp³-hybridized carbons (Fsp3) is 0.231. The Morgan fingerprint density at radius 1 is 1.30 bits per heavy atom. The smallest absolute Gasteiger partial charge is 0.175 e. The number of nitrogens with two attached hydrogens (primary N) is 1. The molecular weight excluding hydrogens is 316 g/mol. The number of sulfone groups is 1. The molecule has 0 radical (unpaired) electrons. The van der Waals surface area contributed by atoms with E-state index in [9.17, 15) is 8.42 Å². The zero-order chi connectivity index (χ0) is 14.9. The number of halogens is 1. The highest BCUT2D eigenvalue weighted by Gasteiger charge is 2.12. The van der Waals surface area contributed by atoms with E-state index in [1.54, 1.807) is 12.1 Å². The van der Waals surface area contributed by atoms with Gasteiger partial charge < -0.3 is 11.1 Å². The monoisotopic (exact) mass is 330 g/mol. The molecule has 1 heterocycles. The molecular formula is C13H15ClN2O2S2. The zero-order valence-corrected chi connectivity index (χ0v) is 13.4. The molecule has 0 saturated heterocycles. The summed E-state index contributed by atoms with van der Waals surface area (Å²) in [6, 6.07) is 8.52. The second-order valence-corrected chi connectivity index (χ2v) is 8.29. The lowest BCUT2D eigenvalue weighted by atomic mass is 10.2. The molecule has 1 aromatic carbocycles. The van der Waals surface area contributed by atoms with Gasteiger partial charge in [-0.1, -0.05) is 11.6 Å². The van der Waals surface area contributed by atoms with Crippen molar-refractivity contribution < 1.29 is 8.42 Å². The van der Waals surface area contributed by atoms with Crippen molar-refractivity contribution in [1.29, 1.82) is 0 Å². The van der Waals surface area contributed by atoms with Gasteiger partial charge in [0.15, 0.2) is 9.84 Å². The van der Waals surface area contributed by atoms with Gasteiger partial charge in [0, 0.05) is 11.1 Å². The third kappa shape index (κ3) is 3.45. The van der Waals surface area contributed by atoms with Crippen LogP contribution in [-0.2, 0) is 9.84 Å². The molecule has 2 aromatic rings. The second kappa shape index (κ2) is 5.63. The molecule has 0 spiro atoms. The van der Waals surface area contributed by atoms with E-state index < -0.39 is 9.84 Å². The molecule has 0 aliphatic heterocycles. The standard InChI is InChI=1S/C13H15ClN2O2S2/c1-8(12-5-6-13(14)19-12)16-11-4-3-9(7-10(11)15)20(2,17)18/h3-8,16H,15H2,1-2H3. The molecule has 0 fully saturated rings. The number of thiophene rings is 1. The van der Waals surface area contributed by atoms with Crippen molar-refractivity contribution in [2.24, 2.45) is 0 Å². The molecule has 1 aromatic heterocycles. The maximum absolute atomic E-state index is 11.5. The van der Waals surface area contributed by atoms with Crippen LogP contribution < -0.4 is 11.1 Å². The molecule has 108 valence electrons. The van der Waals surface area contributed by atoms with E-state index in [1.807, 2.05) is 19.1 Å². The van der Waals surface area contributed by atoms with Crippen molar-refractivity contribution in [1.82, 2.24) is 0 Å². The fourth-order valence-electron chi connectivity index (χ4n) is 1.77. The first-order valence-electron chi connectivity index (χ1n) is 5.89. The fourth-order valence-corrected chi connectivity index (χ4v) is 3.49. The van der Waals surface area contributed by atoms with Crippen LogP contribution in [0.3, 0.4) is 0 Å². The Hall–Kier alpha value is -1.24. The van der Waals surface area contributed by atoms with Gasteiger partial charge in [0.05, 0.1) is 26.6 Å². The lowest BCUT2D eigenvalue weighted by Gasteiger charge is -2.16. The van der Waals surface area contributed by atoms with Gasteiger partial charge in [0.1, 0.15) is 0 Å². The van der Waals surface area contributed by atoms with Crippen molar-refractivity contribution >= 4 is 44.1 Å². The number of anilines is 2. The minimum absolute atomic E-state index is 0.0406. The highest BCUT2D eigenvalue weighted by Crippen LogP contribution is 2.31. The van der Waals surface area contributed by atoms with Crippen molar-refractivity contribution in [3.63, 3.8) is 0 Å². The van der Waals surface area contributed by atoms with E-state index in [4.69, 9.17) is 17.3 Å². The molecule has 7 heteroatoms. The quantitative estimate of drug-likeness (QED) is 0.841. The first-order chi connectivity index (χ1) is 9.27. The molecule has 0 aliphatic rings. The second-order valence-electron chi connectivity index (χ2n) is 4.53. The Balaban J connectivity index is 2.22. The van der Waals surface area contributed by atoms with Gasteiger partial charge >= 0.3 is 0 Å². The molecule has 20 heavy (non-hydrogen) atoms. The minimum atomic E-state index is -3.24. The van der Waals surface area contributed by atoms with Crippen LogP contribution in [0.25, 0.3) is 0 Å². The Bertz CT molecular complexity index is 726. The topological polar surface area (TPSA) is 72.2 Å². The van der Waals surface area contributed by atoms with Crippen molar-refractivity contribution in [2.45, 2.75) is 17.9 Å². The van der Waals surface area contributed by atoms with Crippen molar-refractivity contribution in [3.8, 4) is 0 Å². The maximum atomic E-state index is 11.5. The number of hydrogen-bond acceptors (Lipinski definition) is 5. The predicted molar refractivity (Wildman–Crippen MR) is 85.3 cm³/mol. The van der Waals surface area contributed by atoms with Gasteiger partial charge in [-0.3, -0.25) is 0 Å². The lowest BCUT2D eigenvalue weighted by Crippen LogP contribution is -2.08. The largest absolute Gasteiger partial charge is 0.397 e. The van der Waals surface area contributed by atoms with E-state index in [0.29, 0.717) is 11.4 Å². The summed E-state index contributed by atoms with van der Waals surface area (Å²) in [6.45, 7) is 1.99. The molecule has 0 saturated carbocycles. The first kappa shape index (κ1) is 15.2. The molecule has 1 atom stereocenters. The molecule has 0 bridgehead atoms. The Labute approximate surface area is 127 Å². The highest BCUT2D eigenvalue weighted by atomic mass is 35.5. The van der Waals surface area contributed by atoms with Crippen LogP contribution in [0.4, 0.5) is 11.4 Å². The summed E-state index contributed by atoms with van der Waals surface area (Å²) in [5.41, 5.74) is 7.01. The van der Waals surface area contributed by atoms with Gasteiger partial charge in [-0.15, -0.1) is 11.3 Å². The van der Waals surface area contributed by atoms with Gasteiger partial charge in [-0.25, -0.2) is 8.42 Å². The molecule has 2 rings (SSSR count). The van der Waals surface area contributed by atoms with Crippen molar-refractivity contribution in [3.05, 3.63) is 39.5 Å². The van der Waals surface area contributed by atoms with Crippen LogP contribution in [0.2, 0.25) is 4.34 Å². The Morgan fingerprint density at radius 3 is 2.50 bits per heavy atom. The summed E-state index contributed by atoms with van der Waals surface area (Å²) in [5, 5.41) is 3.25. The maximum Gasteiger partial charge on any atom is 0.175 e. The van der Waals surface area contributed by atoms with Gasteiger partial charge in [-0.2, -0.15) is 0 Å². The van der Waals surface area contributed by atoms with Crippen LogP contribution in [-0.4, -0.2) is 14.7 Å². The Morgan fingerprint density at radius 2 is 2.00 bits per heavy atom. The van der Waals surface area contributed by atoms with Crippen LogP contribution >= 0.6 is 22.9 Å². The van der Waals surface area contributed by atoms with Gasteiger partial charge in [0.2, 0.25) is 0 Å². The summed E-state index contributed by atoms with van der Waals surface area (Å²) >= 11 is 7.40. The third-order valence-electron chi connectivity index (χ3n) is 2.84. The number of rotatable bonds is 4. The third-order valence-corrected chi connectivity index (χ3v) is 5.37. The first-order valence-corrected chi connectivity index (χ1v) is 8.97. The lowest BCUT2D eigenvalue weighted by molar-refractivity contribution is 0.602. The predicted octanol–water partition coefficient (Wildman–Crippen LogP) is 3.56. The number of nitrogens with one attached hydrogen (secondary N) is 1. The summed E-state index contributed by atoms with van der Waals surface area (Å²) < 4.78 is 23.6. The molecule has 0 amide bonds. The van der Waals surface area contributed by atoms with Crippen LogP contribution in [0.1, 0.15) is 17.8 Å². The summed E-state index contributed by atoms with van der Waals surface area (Å²) in [4.78, 5) is 1.30. The average molecular weight is 331 g/mol. The number of benzene rings is 1. The highest BCUT2D eigenvalue weighted by molar-refractivity contribution is 7.90. The Kier molecular flexibility index (Phi) is 4.27. The average Bonchev–Trinajstić information content (AvgIpc) is 2.77. The molecule has 1 unspecified atom stereocenters. The molecule has 3 N–H and O–H groups in total. The van der Waals surface area contributed by atoms with E-state index >= 15 is 0 Å². The van der Waals surface area contributed by atoms with E-state index in [0.717, 1.165) is 15.5 Å². The van der Waals surface area contributed by atoms with E-state index in [1.165, 1.54) is 17.4 Å². The SMILES string of the molecule is CC(Nc1ccc(S(C)(=O)=O)cc1N)c1ccc(Cl)s1. The van der Waals surface area contributed by atoms with Crippen LogP contribution in [0.5, 0.6) is 0 Å². The van der Waals surface area contributed by atoms with Crippen molar-refractivity contribution in [2.75, 3.05) is 17.3 Å². The number of nitrogen functional groups attached to an aromatic ring is 1. The van der Waals surface area contributed by atoms with E-state index in [2.05, 4.69) is 5.32 Å². The van der Waals surface area contributed by atoms with Gasteiger partial charge in [0.25, 0.3) is 0 Å². The number of hydrogen-bond donors (Lipinski definition) is 2. The minimum Gasteiger partial charge on any atom is -0.397 e. The molecule has 0 aliphatic carbocycles. The zero-order valence-electron chi connectivity index (χ0n) is 11.1. The summed E-state index contributed by atoms with van der Waals surface area (Å²) in [5.74, 6) is 0. The van der Waals surface area contributed by atoms with Crippen LogP contribution in [0.15, 0.2) is 35.2 Å². The molecule has 4 nitrogen and oxygen atoms in total. The van der Waals surface area contributed by atoms with Gasteiger partial charge in [-0.05, 0) is 37.3 Å². The van der Waals surface area contributed by atoms with E-state index in [-0.39, 0.29) is 10.9 Å². The van der Waals surface area contributed by atoms with Crippen LogP contribution in [0, 0.1) is 0 Å².